The number of nitrogens with zero attached hydrogens (tertiary/aromatic N) is 1. The van der Waals surface area contributed by atoms with Crippen LogP contribution in [0.1, 0.15) is 39.7 Å². The van der Waals surface area contributed by atoms with E-state index in [1.165, 1.54) is 0 Å². The van der Waals surface area contributed by atoms with E-state index in [4.69, 9.17) is 17.3 Å². The summed E-state index contributed by atoms with van der Waals surface area (Å²) >= 11 is 6.02. The second-order valence-corrected chi connectivity index (χ2v) is 6.69. The van der Waals surface area contributed by atoms with E-state index in [-0.39, 0.29) is 17.9 Å². The van der Waals surface area contributed by atoms with Crippen molar-refractivity contribution in [3.63, 3.8) is 0 Å². The third kappa shape index (κ3) is 5.68. The Morgan fingerprint density at radius 1 is 1.29 bits per heavy atom. The van der Waals surface area contributed by atoms with E-state index < -0.39 is 0 Å². The third-order valence-corrected chi connectivity index (χ3v) is 3.77. The van der Waals surface area contributed by atoms with Gasteiger partial charge >= 0.3 is 0 Å². The highest BCUT2D eigenvalue weighted by atomic mass is 35.5. The van der Waals surface area contributed by atoms with Crippen molar-refractivity contribution in [3.05, 3.63) is 34.9 Å². The molecule has 21 heavy (non-hydrogen) atoms. The molecule has 0 heterocycles. The Balaban J connectivity index is 2.87. The van der Waals surface area contributed by atoms with Crippen LogP contribution in [0.25, 0.3) is 0 Å². The normalized spacial score (nSPS) is 12.8. The highest BCUT2D eigenvalue weighted by Gasteiger charge is 2.25. The molecule has 3 nitrogen and oxygen atoms in total. The van der Waals surface area contributed by atoms with Crippen LogP contribution in [0.15, 0.2) is 24.3 Å². The molecule has 0 radical (unpaired) electrons. The number of hydrogen-bond donors (Lipinski definition) is 1. The zero-order chi connectivity index (χ0) is 16.0. The smallest absolute Gasteiger partial charge is 0.227 e. The molecule has 0 saturated carbocycles. The Bertz CT molecular complexity index is 460. The number of amides is 1. The van der Waals surface area contributed by atoms with Gasteiger partial charge in [-0.3, -0.25) is 4.79 Å². The predicted octanol–water partition coefficient (Wildman–Crippen LogP) is 3.70. The molecule has 118 valence electrons. The fourth-order valence-electron chi connectivity index (χ4n) is 2.45. The lowest BCUT2D eigenvalue weighted by atomic mass is 9.95. The molecule has 1 unspecified atom stereocenters. The van der Waals surface area contributed by atoms with Gasteiger partial charge in [-0.05, 0) is 43.9 Å². The quantitative estimate of drug-likeness (QED) is 0.834. The van der Waals surface area contributed by atoms with Crippen LogP contribution in [0.5, 0.6) is 0 Å². The molecular weight excluding hydrogens is 284 g/mol. The van der Waals surface area contributed by atoms with Gasteiger partial charge in [0.05, 0.1) is 5.92 Å². The van der Waals surface area contributed by atoms with Crippen LogP contribution in [0, 0.1) is 11.8 Å². The van der Waals surface area contributed by atoms with Crippen molar-refractivity contribution in [1.29, 1.82) is 0 Å². The molecule has 0 fully saturated rings. The van der Waals surface area contributed by atoms with Gasteiger partial charge in [0.15, 0.2) is 0 Å². The first-order chi connectivity index (χ1) is 9.85. The maximum absolute atomic E-state index is 12.8. The summed E-state index contributed by atoms with van der Waals surface area (Å²) in [6, 6.07) is 7.79. The first kappa shape index (κ1) is 18.0. The van der Waals surface area contributed by atoms with E-state index in [2.05, 4.69) is 13.8 Å². The first-order valence-corrected chi connectivity index (χ1v) is 7.98. The summed E-state index contributed by atoms with van der Waals surface area (Å²) in [7, 11) is 0. The highest BCUT2D eigenvalue weighted by Crippen LogP contribution is 2.19. The summed E-state index contributed by atoms with van der Waals surface area (Å²) in [6.45, 7) is 9.28. The zero-order valence-corrected chi connectivity index (χ0v) is 14.2. The number of nitrogens with two attached hydrogens (primary N) is 1. The molecule has 1 aromatic carbocycles. The van der Waals surface area contributed by atoms with Crippen LogP contribution < -0.4 is 5.73 Å². The largest absolute Gasteiger partial charge is 0.336 e. The topological polar surface area (TPSA) is 46.3 Å². The van der Waals surface area contributed by atoms with E-state index in [1.54, 1.807) is 0 Å². The van der Waals surface area contributed by atoms with Gasteiger partial charge in [0.25, 0.3) is 0 Å². The second kappa shape index (κ2) is 8.40. The predicted molar refractivity (Wildman–Crippen MR) is 89.1 cm³/mol. The molecule has 0 saturated heterocycles. The third-order valence-electron chi connectivity index (χ3n) is 3.54. The van der Waals surface area contributed by atoms with Crippen molar-refractivity contribution in [1.82, 2.24) is 4.90 Å². The van der Waals surface area contributed by atoms with Crippen molar-refractivity contribution in [2.24, 2.45) is 17.6 Å². The van der Waals surface area contributed by atoms with Gasteiger partial charge in [0.2, 0.25) is 5.91 Å². The second-order valence-electron chi connectivity index (χ2n) is 6.25. The molecule has 0 bridgehead atoms. The number of hydrogen-bond acceptors (Lipinski definition) is 2. The molecule has 4 heteroatoms. The summed E-state index contributed by atoms with van der Waals surface area (Å²) in [5, 5.41) is 0.696. The Morgan fingerprint density at radius 2 is 1.95 bits per heavy atom. The molecule has 0 aliphatic heterocycles. The van der Waals surface area contributed by atoms with Crippen LogP contribution >= 0.6 is 11.6 Å². The highest BCUT2D eigenvalue weighted by molar-refractivity contribution is 6.30. The molecule has 0 aromatic heterocycles. The Morgan fingerprint density at radius 3 is 2.43 bits per heavy atom. The lowest BCUT2D eigenvalue weighted by Gasteiger charge is -2.31. The molecule has 1 atom stereocenters. The summed E-state index contributed by atoms with van der Waals surface area (Å²) in [6.07, 6.45) is 0.827. The van der Waals surface area contributed by atoms with Crippen LogP contribution in [-0.4, -0.2) is 23.4 Å². The molecule has 2 N–H and O–H groups in total. The van der Waals surface area contributed by atoms with Crippen LogP contribution in [0.4, 0.5) is 0 Å². The van der Waals surface area contributed by atoms with Crippen LogP contribution in [-0.2, 0) is 11.3 Å². The Kier molecular flexibility index (Phi) is 7.20. The number of halogens is 1. The zero-order valence-electron chi connectivity index (χ0n) is 13.5. The van der Waals surface area contributed by atoms with Crippen LogP contribution in [0.2, 0.25) is 5.02 Å². The van der Waals surface area contributed by atoms with Gasteiger partial charge in [-0.15, -0.1) is 0 Å². The fraction of sp³-hybridized carbons (Fsp3) is 0.588. The maximum Gasteiger partial charge on any atom is 0.227 e. The van der Waals surface area contributed by atoms with Gasteiger partial charge in [-0.1, -0.05) is 37.6 Å². The van der Waals surface area contributed by atoms with Crippen molar-refractivity contribution in [3.8, 4) is 0 Å². The minimum absolute atomic E-state index is 0.105. The summed E-state index contributed by atoms with van der Waals surface area (Å²) in [5.74, 6) is 0.496. The van der Waals surface area contributed by atoms with Gasteiger partial charge in [0.1, 0.15) is 0 Å². The number of rotatable bonds is 7. The number of carbonyl (C=O) groups excluding carboxylic acids is 1. The number of benzene rings is 1. The van der Waals surface area contributed by atoms with Gasteiger partial charge in [-0.2, -0.15) is 0 Å². The van der Waals surface area contributed by atoms with E-state index >= 15 is 0 Å². The molecule has 0 spiro atoms. The lowest BCUT2D eigenvalue weighted by molar-refractivity contribution is -0.138. The Labute approximate surface area is 133 Å². The summed E-state index contributed by atoms with van der Waals surface area (Å²) in [4.78, 5) is 14.6. The van der Waals surface area contributed by atoms with E-state index in [9.17, 15) is 4.79 Å². The summed E-state index contributed by atoms with van der Waals surface area (Å²) < 4.78 is 0. The van der Waals surface area contributed by atoms with E-state index in [0.29, 0.717) is 24.0 Å². The molecule has 0 aliphatic carbocycles. The van der Waals surface area contributed by atoms with E-state index in [0.717, 1.165) is 12.0 Å². The molecule has 0 aliphatic rings. The molecule has 1 amide bonds. The average Bonchev–Trinajstić information content (AvgIpc) is 2.41. The molecular formula is C17H27ClN2O. The van der Waals surface area contributed by atoms with Crippen molar-refractivity contribution in [2.45, 2.75) is 46.7 Å². The van der Waals surface area contributed by atoms with Gasteiger partial charge < -0.3 is 10.6 Å². The average molecular weight is 311 g/mol. The van der Waals surface area contributed by atoms with Crippen molar-refractivity contribution in [2.75, 3.05) is 6.54 Å². The lowest BCUT2D eigenvalue weighted by Crippen LogP contribution is -2.43. The fourth-order valence-corrected chi connectivity index (χ4v) is 2.66. The minimum Gasteiger partial charge on any atom is -0.336 e. The van der Waals surface area contributed by atoms with Crippen molar-refractivity contribution < 1.29 is 4.79 Å². The monoisotopic (exact) mass is 310 g/mol. The Hall–Kier alpha value is -1.06. The maximum atomic E-state index is 12.8. The summed E-state index contributed by atoms with van der Waals surface area (Å²) in [5.41, 5.74) is 6.85. The van der Waals surface area contributed by atoms with Crippen molar-refractivity contribution >= 4 is 17.5 Å². The minimum atomic E-state index is -0.105. The van der Waals surface area contributed by atoms with Crippen LogP contribution in [0.3, 0.4) is 0 Å². The standard InChI is InChI=1S/C17H27ClN2O/c1-12(2)8-15(10-19)17(21)20(13(3)4)11-14-6-5-7-16(18)9-14/h5-7,9,12-13,15H,8,10-11,19H2,1-4H3. The SMILES string of the molecule is CC(C)CC(CN)C(=O)N(Cc1cccc(Cl)c1)C(C)C. The van der Waals surface area contributed by atoms with Gasteiger partial charge in [-0.25, -0.2) is 0 Å². The van der Waals surface area contributed by atoms with E-state index in [1.807, 2.05) is 43.0 Å². The van der Waals surface area contributed by atoms with Gasteiger partial charge in [0, 0.05) is 24.2 Å². The molecule has 1 rings (SSSR count). The number of carbonyl (C=O) groups is 1. The first-order valence-electron chi connectivity index (χ1n) is 7.60. The molecule has 1 aromatic rings.